The third kappa shape index (κ3) is 4.31. The minimum Gasteiger partial charge on any atom is -0.489 e. The Balaban J connectivity index is 2.09. The summed E-state index contributed by atoms with van der Waals surface area (Å²) >= 11 is 5.92. The van der Waals surface area contributed by atoms with Crippen LogP contribution >= 0.6 is 11.6 Å². The lowest BCUT2D eigenvalue weighted by atomic mass is 10.1. The Hall–Kier alpha value is -2.84. The van der Waals surface area contributed by atoms with Crippen molar-refractivity contribution in [2.45, 2.75) is 6.61 Å². The number of rotatable bonds is 5. The van der Waals surface area contributed by atoms with E-state index in [0.717, 1.165) is 0 Å². The van der Waals surface area contributed by atoms with Gasteiger partial charge in [-0.15, -0.1) is 0 Å². The average Bonchev–Trinajstić information content (AvgIpc) is 2.53. The molecule has 0 aliphatic heterocycles. The van der Waals surface area contributed by atoms with Gasteiger partial charge in [0, 0.05) is 5.56 Å². The van der Waals surface area contributed by atoms with E-state index in [1.54, 1.807) is 36.4 Å². The molecule has 2 aromatic rings. The van der Waals surface area contributed by atoms with Crippen LogP contribution in [0, 0.1) is 17.1 Å². The molecule has 2 N–H and O–H groups in total. The number of primary amides is 1. The van der Waals surface area contributed by atoms with E-state index in [4.69, 9.17) is 27.3 Å². The number of carbonyl (C=O) groups excluding carboxylic acids is 1. The molecule has 1 amide bonds. The minimum absolute atomic E-state index is 0.00851. The highest BCUT2D eigenvalue weighted by Gasteiger charge is 2.08. The van der Waals surface area contributed by atoms with Crippen LogP contribution in [-0.4, -0.2) is 5.91 Å². The Morgan fingerprint density at radius 3 is 2.57 bits per heavy atom. The second kappa shape index (κ2) is 7.43. The van der Waals surface area contributed by atoms with Crippen molar-refractivity contribution in [3.63, 3.8) is 0 Å². The first-order valence-corrected chi connectivity index (χ1v) is 6.96. The van der Waals surface area contributed by atoms with Crippen molar-refractivity contribution in [1.29, 1.82) is 5.26 Å². The summed E-state index contributed by atoms with van der Waals surface area (Å²) in [5.41, 5.74) is 5.82. The SMILES string of the molecule is N#C/C(=C/c1ccc(OCc2c(F)cccc2Cl)cc1)C(N)=O. The zero-order valence-corrected chi connectivity index (χ0v) is 12.7. The van der Waals surface area contributed by atoms with E-state index in [0.29, 0.717) is 16.3 Å². The van der Waals surface area contributed by atoms with Crippen molar-refractivity contribution in [3.8, 4) is 11.8 Å². The van der Waals surface area contributed by atoms with Gasteiger partial charge in [-0.1, -0.05) is 29.8 Å². The van der Waals surface area contributed by atoms with E-state index in [-0.39, 0.29) is 17.7 Å². The first kappa shape index (κ1) is 16.5. The Kier molecular flexibility index (Phi) is 5.34. The van der Waals surface area contributed by atoms with Gasteiger partial charge in [-0.3, -0.25) is 4.79 Å². The van der Waals surface area contributed by atoms with Crippen LogP contribution in [0.1, 0.15) is 11.1 Å². The van der Waals surface area contributed by atoms with E-state index in [9.17, 15) is 9.18 Å². The second-order valence-electron chi connectivity index (χ2n) is 4.59. The number of ether oxygens (including phenoxy) is 1. The summed E-state index contributed by atoms with van der Waals surface area (Å²) in [4.78, 5) is 11.0. The Morgan fingerprint density at radius 2 is 2.00 bits per heavy atom. The number of halogens is 2. The monoisotopic (exact) mass is 330 g/mol. The molecule has 2 aromatic carbocycles. The van der Waals surface area contributed by atoms with E-state index >= 15 is 0 Å². The van der Waals surface area contributed by atoms with E-state index in [2.05, 4.69) is 0 Å². The molecular weight excluding hydrogens is 319 g/mol. The Bertz CT molecular complexity index is 775. The van der Waals surface area contributed by atoms with Crippen LogP contribution in [0.2, 0.25) is 5.02 Å². The van der Waals surface area contributed by atoms with Crippen molar-refractivity contribution in [1.82, 2.24) is 0 Å². The van der Waals surface area contributed by atoms with Crippen LogP contribution in [0.25, 0.3) is 6.08 Å². The summed E-state index contributed by atoms with van der Waals surface area (Å²) in [6.45, 7) is -0.00851. The molecule has 0 spiro atoms. The van der Waals surface area contributed by atoms with Gasteiger partial charge in [-0.2, -0.15) is 5.26 Å². The highest BCUT2D eigenvalue weighted by molar-refractivity contribution is 6.31. The number of hydrogen-bond acceptors (Lipinski definition) is 3. The van der Waals surface area contributed by atoms with Crippen molar-refractivity contribution in [3.05, 3.63) is 70.0 Å². The molecule has 0 saturated heterocycles. The van der Waals surface area contributed by atoms with E-state index < -0.39 is 11.7 Å². The number of carbonyl (C=O) groups is 1. The van der Waals surface area contributed by atoms with Crippen LogP contribution in [-0.2, 0) is 11.4 Å². The summed E-state index contributed by atoms with van der Waals surface area (Å²) in [7, 11) is 0. The predicted octanol–water partition coefficient (Wildman–Crippen LogP) is 3.45. The molecule has 0 aliphatic carbocycles. The van der Waals surface area contributed by atoms with Gasteiger partial charge in [0.15, 0.2) is 0 Å². The fourth-order valence-electron chi connectivity index (χ4n) is 1.81. The largest absolute Gasteiger partial charge is 0.489 e. The molecule has 0 fully saturated rings. The van der Waals surface area contributed by atoms with Crippen LogP contribution in [0.3, 0.4) is 0 Å². The third-order valence-corrected chi connectivity index (χ3v) is 3.38. The number of hydrogen-bond donors (Lipinski definition) is 1. The molecule has 0 aromatic heterocycles. The number of nitrogens with zero attached hydrogens (tertiary/aromatic N) is 1. The summed E-state index contributed by atoms with van der Waals surface area (Å²) in [6, 6.07) is 12.7. The lowest BCUT2D eigenvalue weighted by molar-refractivity contribution is -0.114. The van der Waals surface area contributed by atoms with Gasteiger partial charge in [-0.25, -0.2) is 4.39 Å². The van der Waals surface area contributed by atoms with Crippen molar-refractivity contribution >= 4 is 23.6 Å². The number of benzene rings is 2. The molecule has 0 atom stereocenters. The number of nitriles is 1. The average molecular weight is 331 g/mol. The summed E-state index contributed by atoms with van der Waals surface area (Å²) in [6.07, 6.45) is 1.37. The predicted molar refractivity (Wildman–Crippen MR) is 85.0 cm³/mol. The summed E-state index contributed by atoms with van der Waals surface area (Å²) in [5, 5.41) is 9.08. The fourth-order valence-corrected chi connectivity index (χ4v) is 2.03. The van der Waals surface area contributed by atoms with Crippen LogP contribution < -0.4 is 10.5 Å². The maximum Gasteiger partial charge on any atom is 0.259 e. The van der Waals surface area contributed by atoms with Crippen molar-refractivity contribution in [2.75, 3.05) is 0 Å². The van der Waals surface area contributed by atoms with E-state index in [1.165, 1.54) is 18.2 Å². The zero-order valence-electron chi connectivity index (χ0n) is 11.9. The first-order chi connectivity index (χ1) is 11.0. The third-order valence-electron chi connectivity index (χ3n) is 3.02. The molecule has 0 bridgehead atoms. The van der Waals surface area contributed by atoms with Crippen LogP contribution in [0.4, 0.5) is 4.39 Å². The summed E-state index contributed by atoms with van der Waals surface area (Å²) < 4.78 is 19.1. The smallest absolute Gasteiger partial charge is 0.259 e. The van der Waals surface area contributed by atoms with E-state index in [1.807, 2.05) is 0 Å². The molecule has 0 unspecified atom stereocenters. The molecule has 0 saturated carbocycles. The van der Waals surface area contributed by atoms with Gasteiger partial charge in [0.25, 0.3) is 5.91 Å². The lowest BCUT2D eigenvalue weighted by Gasteiger charge is -2.09. The van der Waals surface area contributed by atoms with Gasteiger partial charge in [0.1, 0.15) is 29.8 Å². The van der Waals surface area contributed by atoms with Gasteiger partial charge in [0.2, 0.25) is 0 Å². The molecule has 6 heteroatoms. The molecule has 0 radical (unpaired) electrons. The number of nitrogens with two attached hydrogens (primary N) is 1. The molecule has 4 nitrogen and oxygen atoms in total. The van der Waals surface area contributed by atoms with Gasteiger partial charge < -0.3 is 10.5 Å². The van der Waals surface area contributed by atoms with Crippen molar-refractivity contribution < 1.29 is 13.9 Å². The Labute approximate surface area is 137 Å². The molecule has 116 valence electrons. The fraction of sp³-hybridized carbons (Fsp3) is 0.0588. The minimum atomic E-state index is -0.790. The van der Waals surface area contributed by atoms with Crippen molar-refractivity contribution in [2.24, 2.45) is 5.73 Å². The quantitative estimate of drug-likeness (QED) is 0.674. The zero-order chi connectivity index (χ0) is 16.8. The molecule has 23 heavy (non-hydrogen) atoms. The Morgan fingerprint density at radius 1 is 1.30 bits per heavy atom. The van der Waals surface area contributed by atoms with Crippen LogP contribution in [0.15, 0.2) is 48.0 Å². The lowest BCUT2D eigenvalue weighted by Crippen LogP contribution is -2.12. The second-order valence-corrected chi connectivity index (χ2v) is 5.00. The molecular formula is C17H12ClFN2O2. The van der Waals surface area contributed by atoms with Gasteiger partial charge >= 0.3 is 0 Å². The maximum absolute atomic E-state index is 13.6. The topological polar surface area (TPSA) is 76.1 Å². The normalized spacial score (nSPS) is 10.9. The van der Waals surface area contributed by atoms with Gasteiger partial charge in [0.05, 0.1) is 5.02 Å². The highest BCUT2D eigenvalue weighted by Crippen LogP contribution is 2.22. The summed E-state index contributed by atoms with van der Waals surface area (Å²) in [5.74, 6) is -0.724. The first-order valence-electron chi connectivity index (χ1n) is 6.58. The molecule has 2 rings (SSSR count). The molecule has 0 heterocycles. The standard InChI is InChI=1S/C17H12ClFN2O2/c18-15-2-1-3-16(19)14(15)10-23-13-6-4-11(5-7-13)8-12(9-20)17(21)22/h1-8H,10H2,(H2,21,22)/b12-8-. The number of amides is 1. The van der Waals surface area contributed by atoms with Crippen LogP contribution in [0.5, 0.6) is 5.75 Å². The van der Waals surface area contributed by atoms with Gasteiger partial charge in [-0.05, 0) is 35.9 Å². The highest BCUT2D eigenvalue weighted by atomic mass is 35.5. The maximum atomic E-state index is 13.6. The molecule has 0 aliphatic rings.